The van der Waals surface area contributed by atoms with Gasteiger partial charge in [-0.1, -0.05) is 60.7 Å². The first kappa shape index (κ1) is 18.8. The lowest BCUT2D eigenvalue weighted by Crippen LogP contribution is -2.10. The van der Waals surface area contributed by atoms with Crippen LogP contribution in [0, 0.1) is 0 Å². The molecular formula is C28H23N3. The van der Waals surface area contributed by atoms with Crippen molar-refractivity contribution in [3.05, 3.63) is 115 Å². The SMILES string of the molecule is Nc1cccc(N(c2ccc(-c3ccc4ccccc4c3)cc2)c2cccc(N)c2)c1. The highest BCUT2D eigenvalue weighted by Crippen LogP contribution is 2.37. The highest BCUT2D eigenvalue weighted by molar-refractivity contribution is 5.88. The van der Waals surface area contributed by atoms with Gasteiger partial charge in [-0.15, -0.1) is 0 Å². The van der Waals surface area contributed by atoms with Crippen LogP contribution in [-0.4, -0.2) is 0 Å². The third-order valence-electron chi connectivity index (χ3n) is 5.47. The first-order valence-electron chi connectivity index (χ1n) is 10.3. The van der Waals surface area contributed by atoms with E-state index in [1.807, 2.05) is 36.4 Å². The fourth-order valence-electron chi connectivity index (χ4n) is 3.95. The van der Waals surface area contributed by atoms with E-state index < -0.39 is 0 Å². The molecule has 0 unspecified atom stereocenters. The van der Waals surface area contributed by atoms with E-state index in [1.165, 1.54) is 21.9 Å². The van der Waals surface area contributed by atoms with Crippen LogP contribution in [0.15, 0.2) is 115 Å². The van der Waals surface area contributed by atoms with E-state index in [4.69, 9.17) is 11.5 Å². The van der Waals surface area contributed by atoms with Gasteiger partial charge in [0.2, 0.25) is 0 Å². The maximum Gasteiger partial charge on any atom is 0.0482 e. The number of anilines is 5. The second-order valence-corrected chi connectivity index (χ2v) is 7.63. The van der Waals surface area contributed by atoms with Crippen molar-refractivity contribution in [1.29, 1.82) is 0 Å². The van der Waals surface area contributed by atoms with Gasteiger partial charge in [-0.25, -0.2) is 0 Å². The van der Waals surface area contributed by atoms with Crippen LogP contribution in [0.4, 0.5) is 28.4 Å². The Balaban J connectivity index is 1.56. The minimum atomic E-state index is 0.721. The topological polar surface area (TPSA) is 55.3 Å². The van der Waals surface area contributed by atoms with Crippen molar-refractivity contribution in [3.8, 4) is 11.1 Å². The average molecular weight is 402 g/mol. The zero-order chi connectivity index (χ0) is 21.2. The Hall–Kier alpha value is -4.24. The molecule has 5 rings (SSSR count). The first-order valence-corrected chi connectivity index (χ1v) is 10.3. The molecule has 5 aromatic rings. The number of hydrogen-bond acceptors (Lipinski definition) is 3. The Labute approximate surface area is 182 Å². The Morgan fingerprint density at radius 1 is 0.419 bits per heavy atom. The van der Waals surface area contributed by atoms with E-state index in [-0.39, 0.29) is 0 Å². The molecule has 0 aliphatic heterocycles. The molecule has 5 aromatic carbocycles. The lowest BCUT2D eigenvalue weighted by atomic mass is 10.0. The Morgan fingerprint density at radius 2 is 1.00 bits per heavy atom. The number of nitrogens with two attached hydrogens (primary N) is 2. The molecule has 0 amide bonds. The molecule has 3 heteroatoms. The second kappa shape index (κ2) is 7.88. The summed E-state index contributed by atoms with van der Waals surface area (Å²) in [6.45, 7) is 0. The molecule has 31 heavy (non-hydrogen) atoms. The van der Waals surface area contributed by atoms with Crippen LogP contribution in [0.3, 0.4) is 0 Å². The zero-order valence-electron chi connectivity index (χ0n) is 17.1. The van der Waals surface area contributed by atoms with Gasteiger partial charge in [0.15, 0.2) is 0 Å². The maximum absolute atomic E-state index is 6.08. The lowest BCUT2D eigenvalue weighted by molar-refractivity contribution is 1.28. The second-order valence-electron chi connectivity index (χ2n) is 7.63. The molecule has 0 heterocycles. The van der Waals surface area contributed by atoms with E-state index in [0.717, 1.165) is 28.4 Å². The zero-order valence-corrected chi connectivity index (χ0v) is 17.1. The Morgan fingerprint density at radius 3 is 1.61 bits per heavy atom. The van der Waals surface area contributed by atoms with Gasteiger partial charge in [-0.3, -0.25) is 0 Å². The maximum atomic E-state index is 6.08. The van der Waals surface area contributed by atoms with Crippen molar-refractivity contribution >= 4 is 39.2 Å². The lowest BCUT2D eigenvalue weighted by Gasteiger charge is -2.26. The molecule has 0 bridgehead atoms. The largest absolute Gasteiger partial charge is 0.399 e. The van der Waals surface area contributed by atoms with Crippen LogP contribution in [0.5, 0.6) is 0 Å². The molecule has 0 radical (unpaired) electrons. The quantitative estimate of drug-likeness (QED) is 0.315. The highest BCUT2D eigenvalue weighted by atomic mass is 15.1. The van der Waals surface area contributed by atoms with Crippen LogP contribution in [0.1, 0.15) is 0 Å². The summed E-state index contributed by atoms with van der Waals surface area (Å²) in [5, 5.41) is 2.49. The van der Waals surface area contributed by atoms with Crippen molar-refractivity contribution < 1.29 is 0 Å². The summed E-state index contributed by atoms with van der Waals surface area (Å²) < 4.78 is 0. The Kier molecular flexibility index (Phi) is 4.77. The standard InChI is InChI=1S/C28H23N3/c29-24-7-3-9-27(18-24)31(28-10-4-8-25(30)19-28)26-15-13-21(14-16-26)23-12-11-20-5-1-2-6-22(20)17-23/h1-19H,29-30H2. The molecule has 0 aromatic heterocycles. The van der Waals surface area contributed by atoms with Crippen LogP contribution in [-0.2, 0) is 0 Å². The summed E-state index contributed by atoms with van der Waals surface area (Å²) in [6, 6.07) is 39.4. The van der Waals surface area contributed by atoms with Gasteiger partial charge in [-0.2, -0.15) is 0 Å². The van der Waals surface area contributed by atoms with Crippen LogP contribution in [0.2, 0.25) is 0 Å². The van der Waals surface area contributed by atoms with Crippen molar-refractivity contribution in [2.45, 2.75) is 0 Å². The van der Waals surface area contributed by atoms with E-state index in [1.54, 1.807) is 0 Å². The molecule has 0 saturated heterocycles. The third kappa shape index (κ3) is 3.81. The van der Waals surface area contributed by atoms with Crippen LogP contribution >= 0.6 is 0 Å². The predicted molar refractivity (Wildman–Crippen MR) is 133 cm³/mol. The molecule has 3 nitrogen and oxygen atoms in total. The number of nitrogen functional groups attached to an aromatic ring is 2. The summed E-state index contributed by atoms with van der Waals surface area (Å²) in [5.41, 5.74) is 19.0. The number of rotatable bonds is 4. The fraction of sp³-hybridized carbons (Fsp3) is 0. The number of hydrogen-bond donors (Lipinski definition) is 2. The summed E-state index contributed by atoms with van der Waals surface area (Å²) in [6.07, 6.45) is 0. The minimum absolute atomic E-state index is 0.721. The normalized spacial score (nSPS) is 10.8. The number of fused-ring (bicyclic) bond motifs is 1. The van der Waals surface area contributed by atoms with Crippen molar-refractivity contribution in [2.24, 2.45) is 0 Å². The van der Waals surface area contributed by atoms with Gasteiger partial charge in [-0.05, 0) is 76.5 Å². The van der Waals surface area contributed by atoms with Crippen molar-refractivity contribution in [2.75, 3.05) is 16.4 Å². The highest BCUT2D eigenvalue weighted by Gasteiger charge is 2.13. The third-order valence-corrected chi connectivity index (χ3v) is 5.47. The average Bonchev–Trinajstić information content (AvgIpc) is 2.80. The van der Waals surface area contributed by atoms with Crippen molar-refractivity contribution in [3.63, 3.8) is 0 Å². The van der Waals surface area contributed by atoms with E-state index in [0.29, 0.717) is 0 Å². The van der Waals surface area contributed by atoms with Gasteiger partial charge in [0.25, 0.3) is 0 Å². The summed E-state index contributed by atoms with van der Waals surface area (Å²) in [4.78, 5) is 2.16. The Bertz CT molecular complexity index is 1310. The molecule has 0 atom stereocenters. The molecule has 4 N–H and O–H groups in total. The van der Waals surface area contributed by atoms with Gasteiger partial charge in [0, 0.05) is 28.4 Å². The first-order chi connectivity index (χ1) is 15.2. The van der Waals surface area contributed by atoms with Gasteiger partial charge >= 0.3 is 0 Å². The van der Waals surface area contributed by atoms with E-state index in [9.17, 15) is 0 Å². The number of benzene rings is 5. The van der Waals surface area contributed by atoms with E-state index in [2.05, 4.69) is 83.8 Å². The number of nitrogens with zero attached hydrogens (tertiary/aromatic N) is 1. The molecule has 0 aliphatic rings. The summed E-state index contributed by atoms with van der Waals surface area (Å²) in [7, 11) is 0. The molecular weight excluding hydrogens is 378 g/mol. The van der Waals surface area contributed by atoms with E-state index >= 15 is 0 Å². The summed E-state index contributed by atoms with van der Waals surface area (Å²) >= 11 is 0. The van der Waals surface area contributed by atoms with Gasteiger partial charge < -0.3 is 16.4 Å². The molecule has 150 valence electrons. The monoisotopic (exact) mass is 401 g/mol. The smallest absolute Gasteiger partial charge is 0.0482 e. The molecule has 0 spiro atoms. The van der Waals surface area contributed by atoms with Crippen LogP contribution in [0.25, 0.3) is 21.9 Å². The van der Waals surface area contributed by atoms with Crippen LogP contribution < -0.4 is 16.4 Å². The van der Waals surface area contributed by atoms with Crippen molar-refractivity contribution in [1.82, 2.24) is 0 Å². The summed E-state index contributed by atoms with van der Waals surface area (Å²) in [5.74, 6) is 0. The fourth-order valence-corrected chi connectivity index (χ4v) is 3.95. The predicted octanol–water partition coefficient (Wildman–Crippen LogP) is 7.14. The van der Waals surface area contributed by atoms with Gasteiger partial charge in [0.1, 0.15) is 0 Å². The molecule has 0 saturated carbocycles. The van der Waals surface area contributed by atoms with Gasteiger partial charge in [0.05, 0.1) is 0 Å². The minimum Gasteiger partial charge on any atom is -0.399 e. The molecule has 0 aliphatic carbocycles. The molecule has 0 fully saturated rings.